The average molecular weight is 496 g/mol. The first-order valence-electron chi connectivity index (χ1n) is 12.4. The number of nitrogens with zero attached hydrogens (tertiary/aromatic N) is 2. The molecule has 0 spiro atoms. The zero-order valence-corrected chi connectivity index (χ0v) is 21.4. The quantitative estimate of drug-likeness (QED) is 0.703. The molecular formula is C27H33N3O4S. The van der Waals surface area contributed by atoms with Gasteiger partial charge in [-0.3, -0.25) is 9.59 Å². The van der Waals surface area contributed by atoms with E-state index in [1.165, 1.54) is 15.4 Å². The Hall–Kier alpha value is -2.71. The van der Waals surface area contributed by atoms with Crippen molar-refractivity contribution in [3.8, 4) is 0 Å². The molecule has 3 aliphatic rings. The second-order valence-corrected chi connectivity index (χ2v) is 12.5. The highest BCUT2D eigenvalue weighted by Crippen LogP contribution is 2.42. The third-order valence-electron chi connectivity index (χ3n) is 7.92. The lowest BCUT2D eigenvalue weighted by atomic mass is 9.86. The van der Waals surface area contributed by atoms with Gasteiger partial charge in [0.25, 0.3) is 0 Å². The lowest BCUT2D eigenvalue weighted by Gasteiger charge is -2.33. The number of sulfonamides is 1. The minimum atomic E-state index is -3.79. The second kappa shape index (κ2) is 8.75. The van der Waals surface area contributed by atoms with Crippen LogP contribution in [-0.4, -0.2) is 44.7 Å². The van der Waals surface area contributed by atoms with Gasteiger partial charge in [-0.15, -0.1) is 0 Å². The van der Waals surface area contributed by atoms with Crippen LogP contribution in [0.1, 0.15) is 62.3 Å². The fourth-order valence-electron chi connectivity index (χ4n) is 5.83. The summed E-state index contributed by atoms with van der Waals surface area (Å²) >= 11 is 0. The molecular weight excluding hydrogens is 462 g/mol. The van der Waals surface area contributed by atoms with Gasteiger partial charge in [0.15, 0.2) is 0 Å². The fourth-order valence-corrected chi connectivity index (χ4v) is 7.38. The SMILES string of the molecule is CN1C(=O)C(C)(C)c2cc(S(=O)(=O)N3CCC[C@@H](C(=O)N[C@H]4CCCc5ccccc54)C3)ccc21. The Labute approximate surface area is 207 Å². The van der Waals surface area contributed by atoms with E-state index in [1.807, 2.05) is 26.0 Å². The number of rotatable bonds is 4. The Kier molecular flexibility index (Phi) is 6.00. The maximum atomic E-state index is 13.6. The molecule has 2 heterocycles. The van der Waals surface area contributed by atoms with Crippen molar-refractivity contribution in [2.24, 2.45) is 5.92 Å². The van der Waals surface area contributed by atoms with Crippen molar-refractivity contribution in [3.63, 3.8) is 0 Å². The van der Waals surface area contributed by atoms with E-state index < -0.39 is 15.4 Å². The Morgan fingerprint density at radius 1 is 1.09 bits per heavy atom. The van der Waals surface area contributed by atoms with Gasteiger partial charge >= 0.3 is 0 Å². The van der Waals surface area contributed by atoms with Crippen LogP contribution in [0.2, 0.25) is 0 Å². The third kappa shape index (κ3) is 4.06. The predicted octanol–water partition coefficient (Wildman–Crippen LogP) is 3.54. The van der Waals surface area contributed by atoms with Gasteiger partial charge in [-0.25, -0.2) is 8.42 Å². The first-order chi connectivity index (χ1) is 16.6. The minimum absolute atomic E-state index is 0.0205. The van der Waals surface area contributed by atoms with E-state index in [4.69, 9.17) is 0 Å². The molecule has 0 aromatic heterocycles. The highest BCUT2D eigenvalue weighted by molar-refractivity contribution is 7.89. The molecule has 1 saturated heterocycles. The van der Waals surface area contributed by atoms with E-state index in [-0.39, 0.29) is 35.2 Å². The predicted molar refractivity (Wildman–Crippen MR) is 135 cm³/mol. The molecule has 2 aromatic carbocycles. The van der Waals surface area contributed by atoms with Crippen LogP contribution in [0.3, 0.4) is 0 Å². The molecule has 1 fully saturated rings. The first kappa shape index (κ1) is 24.0. The van der Waals surface area contributed by atoms with E-state index in [1.54, 1.807) is 30.1 Å². The maximum absolute atomic E-state index is 13.6. The van der Waals surface area contributed by atoms with E-state index in [2.05, 4.69) is 17.4 Å². The summed E-state index contributed by atoms with van der Waals surface area (Å²) in [4.78, 5) is 27.6. The number of aryl methyl sites for hydroxylation is 1. The largest absolute Gasteiger partial charge is 0.349 e. The van der Waals surface area contributed by atoms with Crippen LogP contribution < -0.4 is 10.2 Å². The van der Waals surface area contributed by atoms with Crippen LogP contribution in [0.15, 0.2) is 47.4 Å². The van der Waals surface area contributed by atoms with Gasteiger partial charge in [0.2, 0.25) is 21.8 Å². The number of hydrogen-bond acceptors (Lipinski definition) is 4. The number of carbonyl (C=O) groups is 2. The van der Waals surface area contributed by atoms with Gasteiger partial charge < -0.3 is 10.2 Å². The molecule has 0 saturated carbocycles. The third-order valence-corrected chi connectivity index (χ3v) is 9.78. The number of fused-ring (bicyclic) bond motifs is 2. The van der Waals surface area contributed by atoms with Gasteiger partial charge in [-0.2, -0.15) is 4.31 Å². The number of carbonyl (C=O) groups excluding carboxylic acids is 2. The summed E-state index contributed by atoms with van der Waals surface area (Å²) in [5.74, 6) is -0.513. The fraction of sp³-hybridized carbons (Fsp3) is 0.481. The number of piperidine rings is 1. The molecule has 5 rings (SSSR count). The zero-order chi connectivity index (χ0) is 25.0. The summed E-state index contributed by atoms with van der Waals surface area (Å²) in [5, 5.41) is 3.21. The van der Waals surface area contributed by atoms with Crippen molar-refractivity contribution in [2.45, 2.75) is 62.3 Å². The van der Waals surface area contributed by atoms with E-state index >= 15 is 0 Å². The normalized spacial score (nSPS) is 24.1. The molecule has 35 heavy (non-hydrogen) atoms. The van der Waals surface area contributed by atoms with Crippen molar-refractivity contribution in [1.29, 1.82) is 0 Å². The highest BCUT2D eigenvalue weighted by Gasteiger charge is 2.43. The van der Waals surface area contributed by atoms with Crippen molar-refractivity contribution in [1.82, 2.24) is 9.62 Å². The number of likely N-dealkylation sites (N-methyl/N-ethyl adjacent to an activating group) is 1. The number of benzene rings is 2. The van der Waals surface area contributed by atoms with Gasteiger partial charge in [-0.05, 0) is 80.8 Å². The molecule has 2 aromatic rings. The van der Waals surface area contributed by atoms with E-state index in [0.717, 1.165) is 24.9 Å². The summed E-state index contributed by atoms with van der Waals surface area (Å²) in [6.45, 7) is 4.19. The second-order valence-electron chi connectivity index (χ2n) is 10.5. The van der Waals surface area contributed by atoms with E-state index in [9.17, 15) is 18.0 Å². The lowest BCUT2D eigenvalue weighted by molar-refractivity contribution is -0.127. The molecule has 0 radical (unpaired) electrons. The van der Waals surface area contributed by atoms with Crippen molar-refractivity contribution in [3.05, 3.63) is 59.2 Å². The van der Waals surface area contributed by atoms with Gasteiger partial charge in [0.1, 0.15) is 0 Å². The molecule has 2 amide bonds. The van der Waals surface area contributed by atoms with Crippen LogP contribution in [0.4, 0.5) is 5.69 Å². The zero-order valence-electron chi connectivity index (χ0n) is 20.6. The molecule has 0 bridgehead atoms. The Bertz CT molecular complexity index is 1290. The minimum Gasteiger partial charge on any atom is -0.349 e. The molecule has 186 valence electrons. The van der Waals surface area contributed by atoms with Crippen molar-refractivity contribution >= 4 is 27.5 Å². The maximum Gasteiger partial charge on any atom is 0.243 e. The number of nitrogens with one attached hydrogen (secondary N) is 1. The van der Waals surface area contributed by atoms with Gasteiger partial charge in [0, 0.05) is 25.8 Å². The van der Waals surface area contributed by atoms with Crippen molar-refractivity contribution in [2.75, 3.05) is 25.0 Å². The topological polar surface area (TPSA) is 86.8 Å². The molecule has 1 aliphatic carbocycles. The van der Waals surface area contributed by atoms with Crippen LogP contribution >= 0.6 is 0 Å². The smallest absolute Gasteiger partial charge is 0.243 e. The molecule has 0 unspecified atom stereocenters. The van der Waals surface area contributed by atoms with Crippen LogP contribution in [-0.2, 0) is 31.4 Å². The Morgan fingerprint density at radius 2 is 1.86 bits per heavy atom. The number of amides is 2. The summed E-state index contributed by atoms with van der Waals surface area (Å²) in [7, 11) is -2.08. The number of anilines is 1. The van der Waals surface area contributed by atoms with E-state index in [0.29, 0.717) is 24.9 Å². The molecule has 1 N–H and O–H groups in total. The molecule has 2 aliphatic heterocycles. The Balaban J connectivity index is 1.34. The van der Waals surface area contributed by atoms with Gasteiger partial charge in [-0.1, -0.05) is 24.3 Å². The summed E-state index contributed by atoms with van der Waals surface area (Å²) in [6, 6.07) is 13.1. The highest BCUT2D eigenvalue weighted by atomic mass is 32.2. The molecule has 8 heteroatoms. The van der Waals surface area contributed by atoms with Crippen LogP contribution in [0, 0.1) is 5.92 Å². The summed E-state index contributed by atoms with van der Waals surface area (Å²) < 4.78 is 28.6. The van der Waals surface area contributed by atoms with Crippen LogP contribution in [0.5, 0.6) is 0 Å². The standard InChI is InChI=1S/C27H33N3O4S/c1-27(2)22-16-20(13-14-24(22)29(3)26(27)32)35(33,34)30-15-7-10-19(17-30)25(31)28-23-12-6-9-18-8-4-5-11-21(18)23/h4-5,8,11,13-14,16,19,23H,6-7,9-10,12,15,17H2,1-3H3,(H,28,31)/t19-,23+/m1/s1. The van der Waals surface area contributed by atoms with Crippen LogP contribution in [0.25, 0.3) is 0 Å². The van der Waals surface area contributed by atoms with Crippen molar-refractivity contribution < 1.29 is 18.0 Å². The summed E-state index contributed by atoms with van der Waals surface area (Å²) in [5.41, 5.74) is 3.13. The monoisotopic (exact) mass is 495 g/mol. The summed E-state index contributed by atoms with van der Waals surface area (Å²) in [6.07, 6.45) is 4.25. The Morgan fingerprint density at radius 3 is 2.66 bits per heavy atom. The average Bonchev–Trinajstić information content (AvgIpc) is 3.04. The number of hydrogen-bond donors (Lipinski definition) is 1. The first-order valence-corrected chi connectivity index (χ1v) is 13.9. The molecule has 7 nitrogen and oxygen atoms in total. The molecule has 2 atom stereocenters. The lowest BCUT2D eigenvalue weighted by Crippen LogP contribution is -2.46. The van der Waals surface area contributed by atoms with Gasteiger partial charge in [0.05, 0.1) is 22.3 Å².